The number of carbonyl (C=O) groups is 1. The van der Waals surface area contributed by atoms with E-state index < -0.39 is 11.7 Å². The van der Waals surface area contributed by atoms with Gasteiger partial charge in [-0.2, -0.15) is 13.2 Å². The smallest absolute Gasteiger partial charge is 0.416 e. The van der Waals surface area contributed by atoms with Crippen molar-refractivity contribution in [3.8, 4) is 5.88 Å². The maximum atomic E-state index is 13.3. The second-order valence-electron chi connectivity index (χ2n) is 9.07. The summed E-state index contributed by atoms with van der Waals surface area (Å²) in [5, 5.41) is 3.66. The third-order valence-electron chi connectivity index (χ3n) is 6.91. The number of nitrogens with zero attached hydrogens (tertiary/aromatic N) is 2. The van der Waals surface area contributed by atoms with Crippen LogP contribution >= 0.6 is 0 Å². The monoisotopic (exact) mass is 501 g/mol. The van der Waals surface area contributed by atoms with Crippen molar-refractivity contribution in [2.75, 3.05) is 20.3 Å². The van der Waals surface area contributed by atoms with Crippen molar-refractivity contribution in [1.82, 2.24) is 15.3 Å². The fourth-order valence-electron chi connectivity index (χ4n) is 4.96. The Labute approximate surface area is 208 Å². The van der Waals surface area contributed by atoms with Crippen LogP contribution < -0.4 is 10.1 Å². The number of hydrogen-bond acceptors (Lipinski definition) is 5. The summed E-state index contributed by atoms with van der Waals surface area (Å²) in [5.74, 6) is 0.532. The van der Waals surface area contributed by atoms with Crippen LogP contribution in [-0.4, -0.2) is 42.2 Å². The number of benzene rings is 1. The number of ether oxygens (including phenoxy) is 2. The highest BCUT2D eigenvalue weighted by Gasteiger charge is 2.33. The Morgan fingerprint density at radius 1 is 1.11 bits per heavy atom. The molecule has 2 aromatic heterocycles. The number of aromatic nitrogens is 2. The van der Waals surface area contributed by atoms with Crippen LogP contribution in [0, 0.1) is 5.92 Å². The minimum Gasteiger partial charge on any atom is -0.481 e. The van der Waals surface area contributed by atoms with E-state index in [1.54, 1.807) is 18.3 Å². The molecule has 1 aliphatic rings. The number of pyridine rings is 2. The Morgan fingerprint density at radius 3 is 2.53 bits per heavy atom. The molecule has 3 aromatic rings. The van der Waals surface area contributed by atoms with Gasteiger partial charge < -0.3 is 14.8 Å². The number of methoxy groups -OCH3 is 1. The Morgan fingerprint density at radius 2 is 1.89 bits per heavy atom. The van der Waals surface area contributed by atoms with E-state index in [1.807, 2.05) is 13.0 Å². The molecule has 0 radical (unpaired) electrons. The minimum absolute atomic E-state index is 0.129. The predicted molar refractivity (Wildman–Crippen MR) is 130 cm³/mol. The molecule has 4 rings (SSSR count). The fourth-order valence-corrected chi connectivity index (χ4v) is 4.96. The van der Waals surface area contributed by atoms with Gasteiger partial charge in [-0.3, -0.25) is 9.78 Å². The number of nitrogens with one attached hydrogen (secondary N) is 1. The SMILES string of the molecule is CCOC[C@H](NC(=O)c1ccc(OC)nc1)C1CCC(c2ccnc3ccc(C(F)(F)F)cc23)CC1. The zero-order valence-corrected chi connectivity index (χ0v) is 20.3. The Bertz CT molecular complexity index is 1180. The normalized spacial score (nSPS) is 19.1. The van der Waals surface area contributed by atoms with E-state index in [0.29, 0.717) is 35.6 Å². The van der Waals surface area contributed by atoms with E-state index in [2.05, 4.69) is 15.3 Å². The zero-order valence-electron chi connectivity index (χ0n) is 20.3. The summed E-state index contributed by atoms with van der Waals surface area (Å²) in [6.45, 7) is 2.84. The molecule has 0 bridgehead atoms. The van der Waals surface area contributed by atoms with Gasteiger partial charge in [0.25, 0.3) is 5.91 Å². The van der Waals surface area contributed by atoms with Gasteiger partial charge in [0.05, 0.1) is 36.4 Å². The maximum absolute atomic E-state index is 13.3. The molecule has 1 atom stereocenters. The molecule has 0 spiro atoms. The quantitative estimate of drug-likeness (QED) is 0.425. The van der Waals surface area contributed by atoms with Crippen LogP contribution in [0.5, 0.6) is 5.88 Å². The highest BCUT2D eigenvalue weighted by atomic mass is 19.4. The molecule has 0 aliphatic heterocycles. The fraction of sp³-hybridized carbons (Fsp3) is 0.444. The number of carbonyl (C=O) groups excluding carboxylic acids is 1. The second kappa shape index (κ2) is 11.2. The number of fused-ring (bicyclic) bond motifs is 1. The Balaban J connectivity index is 1.47. The summed E-state index contributed by atoms with van der Waals surface area (Å²) in [6, 6.07) is 8.70. The largest absolute Gasteiger partial charge is 0.481 e. The lowest BCUT2D eigenvalue weighted by Gasteiger charge is -2.34. The first-order chi connectivity index (χ1) is 17.3. The lowest BCUT2D eigenvalue weighted by Crippen LogP contribution is -2.44. The average molecular weight is 502 g/mol. The van der Waals surface area contributed by atoms with Gasteiger partial charge in [0, 0.05) is 30.5 Å². The van der Waals surface area contributed by atoms with Gasteiger partial charge in [0.2, 0.25) is 5.88 Å². The maximum Gasteiger partial charge on any atom is 0.416 e. The molecule has 0 unspecified atom stereocenters. The molecule has 36 heavy (non-hydrogen) atoms. The molecule has 6 nitrogen and oxygen atoms in total. The Kier molecular flexibility index (Phi) is 8.08. The first-order valence-corrected chi connectivity index (χ1v) is 12.1. The standard InChI is InChI=1S/C27H30F3N3O3/c1-3-36-16-24(33-26(34)19-8-11-25(35-2)32-15-19)18-6-4-17(5-7-18)21-12-13-31-23-10-9-20(14-22(21)23)27(28,29)30/h8-15,17-18,24H,3-7,16H2,1-2H3,(H,33,34)/t17?,18?,24-/m0/s1. The molecule has 1 saturated carbocycles. The van der Waals surface area contributed by atoms with E-state index in [4.69, 9.17) is 9.47 Å². The molecule has 192 valence electrons. The number of alkyl halides is 3. The molecule has 9 heteroatoms. The molecular formula is C27H30F3N3O3. The molecule has 1 aromatic carbocycles. The van der Waals surface area contributed by atoms with Crippen molar-refractivity contribution in [2.24, 2.45) is 5.92 Å². The first kappa shape index (κ1) is 25.9. The van der Waals surface area contributed by atoms with Gasteiger partial charge in [-0.05, 0) is 80.3 Å². The lowest BCUT2D eigenvalue weighted by molar-refractivity contribution is -0.137. The van der Waals surface area contributed by atoms with Crippen molar-refractivity contribution >= 4 is 16.8 Å². The van der Waals surface area contributed by atoms with Crippen LogP contribution in [0.1, 0.15) is 60.0 Å². The summed E-state index contributed by atoms with van der Waals surface area (Å²) in [5.41, 5.74) is 1.25. The summed E-state index contributed by atoms with van der Waals surface area (Å²) in [6.07, 6.45) is 2.01. The summed E-state index contributed by atoms with van der Waals surface area (Å²) in [7, 11) is 1.51. The highest BCUT2D eigenvalue weighted by Crippen LogP contribution is 2.40. The Hall–Kier alpha value is -3.20. The third kappa shape index (κ3) is 5.95. The number of hydrogen-bond donors (Lipinski definition) is 1. The molecule has 1 fully saturated rings. The van der Waals surface area contributed by atoms with Crippen LogP contribution in [0.3, 0.4) is 0 Å². The topological polar surface area (TPSA) is 73.3 Å². The van der Waals surface area contributed by atoms with Gasteiger partial charge in [-0.1, -0.05) is 0 Å². The van der Waals surface area contributed by atoms with Crippen LogP contribution in [0.15, 0.2) is 48.8 Å². The van der Waals surface area contributed by atoms with Crippen LogP contribution in [-0.2, 0) is 10.9 Å². The van der Waals surface area contributed by atoms with E-state index in [1.165, 1.54) is 25.4 Å². The first-order valence-electron chi connectivity index (χ1n) is 12.1. The molecule has 0 saturated heterocycles. The average Bonchev–Trinajstić information content (AvgIpc) is 2.90. The lowest BCUT2D eigenvalue weighted by atomic mass is 9.75. The summed E-state index contributed by atoms with van der Waals surface area (Å²) in [4.78, 5) is 21.2. The predicted octanol–water partition coefficient (Wildman–Crippen LogP) is 5.77. The van der Waals surface area contributed by atoms with Crippen molar-refractivity contribution < 1.29 is 27.4 Å². The molecular weight excluding hydrogens is 471 g/mol. The number of halogens is 3. The van der Waals surface area contributed by atoms with E-state index in [0.717, 1.165) is 37.3 Å². The minimum atomic E-state index is -4.40. The van der Waals surface area contributed by atoms with E-state index in [-0.39, 0.29) is 23.8 Å². The number of amides is 1. The molecule has 1 aliphatic carbocycles. The van der Waals surface area contributed by atoms with Crippen molar-refractivity contribution in [3.05, 3.63) is 65.5 Å². The second-order valence-corrected chi connectivity index (χ2v) is 9.07. The van der Waals surface area contributed by atoms with Gasteiger partial charge in [0.15, 0.2) is 0 Å². The highest BCUT2D eigenvalue weighted by molar-refractivity contribution is 5.94. The van der Waals surface area contributed by atoms with Crippen LogP contribution in [0.4, 0.5) is 13.2 Å². The van der Waals surface area contributed by atoms with Crippen molar-refractivity contribution in [3.63, 3.8) is 0 Å². The van der Waals surface area contributed by atoms with Gasteiger partial charge in [-0.15, -0.1) is 0 Å². The molecule has 1 amide bonds. The van der Waals surface area contributed by atoms with Crippen LogP contribution in [0.2, 0.25) is 0 Å². The number of rotatable bonds is 8. The van der Waals surface area contributed by atoms with Gasteiger partial charge >= 0.3 is 6.18 Å². The third-order valence-corrected chi connectivity index (χ3v) is 6.91. The zero-order chi connectivity index (χ0) is 25.7. The van der Waals surface area contributed by atoms with E-state index >= 15 is 0 Å². The molecule has 2 heterocycles. The summed E-state index contributed by atoms with van der Waals surface area (Å²) >= 11 is 0. The van der Waals surface area contributed by atoms with E-state index in [9.17, 15) is 18.0 Å². The van der Waals surface area contributed by atoms with Crippen molar-refractivity contribution in [2.45, 2.75) is 50.7 Å². The van der Waals surface area contributed by atoms with Crippen molar-refractivity contribution in [1.29, 1.82) is 0 Å². The van der Waals surface area contributed by atoms with Crippen LogP contribution in [0.25, 0.3) is 10.9 Å². The van der Waals surface area contributed by atoms with Gasteiger partial charge in [0.1, 0.15) is 0 Å². The molecule has 1 N–H and O–H groups in total. The summed E-state index contributed by atoms with van der Waals surface area (Å²) < 4.78 is 50.7. The van der Waals surface area contributed by atoms with Gasteiger partial charge in [-0.25, -0.2) is 4.98 Å².